The fourth-order valence-corrected chi connectivity index (χ4v) is 5.84. The molecule has 1 aliphatic carbocycles. The van der Waals surface area contributed by atoms with Crippen molar-refractivity contribution in [3.63, 3.8) is 0 Å². The van der Waals surface area contributed by atoms with E-state index in [1.807, 2.05) is 5.83 Å². The van der Waals surface area contributed by atoms with E-state index in [-0.39, 0.29) is 22.8 Å². The summed E-state index contributed by atoms with van der Waals surface area (Å²) in [5, 5.41) is 11.6. The van der Waals surface area contributed by atoms with Crippen LogP contribution in [0.3, 0.4) is 0 Å². The van der Waals surface area contributed by atoms with Crippen LogP contribution in [0.2, 0.25) is 0 Å². The van der Waals surface area contributed by atoms with E-state index in [4.69, 9.17) is 4.74 Å². The zero-order chi connectivity index (χ0) is 23.8. The minimum Gasteiger partial charge on any atom is -0.460 e. The van der Waals surface area contributed by atoms with Gasteiger partial charge in [0.05, 0.1) is 0 Å². The number of carbonyl (C=O) groups is 1. The van der Waals surface area contributed by atoms with Gasteiger partial charge in [-0.25, -0.2) is 13.6 Å². The lowest BCUT2D eigenvalue weighted by Gasteiger charge is -2.46. The highest BCUT2D eigenvalue weighted by molar-refractivity contribution is 9.08. The molecular formula is C26H30BrF2NO3. The van der Waals surface area contributed by atoms with Gasteiger partial charge in [-0.2, -0.15) is 0 Å². The molecule has 3 atom stereocenters. The van der Waals surface area contributed by atoms with Crippen molar-refractivity contribution in [2.75, 3.05) is 12.9 Å². The van der Waals surface area contributed by atoms with Crippen molar-refractivity contribution < 1.29 is 23.4 Å². The molecule has 3 aliphatic rings. The van der Waals surface area contributed by atoms with Gasteiger partial charge >= 0.3 is 5.97 Å². The zero-order valence-corrected chi connectivity index (χ0v) is 20.5. The SMILES string of the molecule is CBr.CN1C2CCC1(C1CC1)CC(OC(=O)C(O)(c1ccc(F)cc1)c1ccc(F)cc1)C2. The first-order valence-electron chi connectivity index (χ1n) is 11.4. The lowest BCUT2D eigenvalue weighted by molar-refractivity contribution is -0.173. The van der Waals surface area contributed by atoms with Gasteiger partial charge in [0.1, 0.15) is 17.7 Å². The van der Waals surface area contributed by atoms with E-state index in [1.165, 1.54) is 61.4 Å². The van der Waals surface area contributed by atoms with E-state index in [9.17, 15) is 18.7 Å². The molecule has 2 aliphatic heterocycles. The number of ether oxygens (including phenoxy) is 1. The molecule has 7 heteroatoms. The Morgan fingerprint density at radius 2 is 1.55 bits per heavy atom. The summed E-state index contributed by atoms with van der Waals surface area (Å²) in [4.78, 5) is 15.9. The minimum absolute atomic E-state index is 0.0811. The molecule has 2 saturated heterocycles. The van der Waals surface area contributed by atoms with Gasteiger partial charge in [-0.1, -0.05) is 40.2 Å². The van der Waals surface area contributed by atoms with Gasteiger partial charge < -0.3 is 9.84 Å². The molecule has 2 heterocycles. The summed E-state index contributed by atoms with van der Waals surface area (Å²) in [5.41, 5.74) is -1.68. The molecule has 0 radical (unpaired) electrons. The summed E-state index contributed by atoms with van der Waals surface area (Å²) >= 11 is 2.94. The first kappa shape index (κ1) is 24.3. The largest absolute Gasteiger partial charge is 0.460 e. The van der Waals surface area contributed by atoms with Crippen LogP contribution in [0.1, 0.15) is 49.7 Å². The number of rotatable bonds is 5. The Morgan fingerprint density at radius 3 is 2.03 bits per heavy atom. The van der Waals surface area contributed by atoms with Crippen LogP contribution >= 0.6 is 15.9 Å². The second-order valence-corrected chi connectivity index (χ2v) is 9.37. The van der Waals surface area contributed by atoms with Crippen molar-refractivity contribution in [2.45, 2.75) is 61.8 Å². The van der Waals surface area contributed by atoms with Crippen LogP contribution in [0.4, 0.5) is 8.78 Å². The molecule has 1 saturated carbocycles. The predicted octanol–water partition coefficient (Wildman–Crippen LogP) is 5.16. The second-order valence-electron chi connectivity index (χ2n) is 9.37. The molecule has 33 heavy (non-hydrogen) atoms. The average Bonchev–Trinajstić information content (AvgIpc) is 3.65. The lowest BCUT2D eigenvalue weighted by Crippen LogP contribution is -2.55. The highest BCUT2D eigenvalue weighted by Gasteiger charge is 2.58. The zero-order valence-electron chi connectivity index (χ0n) is 18.9. The number of hydrogen-bond donors (Lipinski definition) is 1. The number of halogens is 3. The summed E-state index contributed by atoms with van der Waals surface area (Å²) in [5.74, 6) is 0.712. The van der Waals surface area contributed by atoms with E-state index >= 15 is 0 Å². The van der Waals surface area contributed by atoms with Crippen molar-refractivity contribution in [1.82, 2.24) is 4.90 Å². The third-order valence-electron chi connectivity index (χ3n) is 7.71. The van der Waals surface area contributed by atoms with Gasteiger partial charge in [0.2, 0.25) is 5.60 Å². The van der Waals surface area contributed by atoms with Gasteiger partial charge in [-0.15, -0.1) is 0 Å². The van der Waals surface area contributed by atoms with Crippen molar-refractivity contribution in [3.8, 4) is 0 Å². The van der Waals surface area contributed by atoms with Crippen LogP contribution in [-0.4, -0.2) is 46.5 Å². The predicted molar refractivity (Wildman–Crippen MR) is 126 cm³/mol. The number of piperidine rings is 1. The maximum absolute atomic E-state index is 13.5. The van der Waals surface area contributed by atoms with Crippen LogP contribution in [-0.2, 0) is 15.1 Å². The number of benzene rings is 2. The molecule has 1 N–H and O–H groups in total. The van der Waals surface area contributed by atoms with Crippen molar-refractivity contribution in [2.24, 2.45) is 5.92 Å². The molecule has 0 spiro atoms. The van der Waals surface area contributed by atoms with Crippen LogP contribution in [0.5, 0.6) is 0 Å². The summed E-state index contributed by atoms with van der Waals surface area (Å²) in [6.45, 7) is 0. The maximum atomic E-state index is 13.5. The van der Waals surface area contributed by atoms with Crippen LogP contribution in [0.15, 0.2) is 48.5 Å². The lowest BCUT2D eigenvalue weighted by atomic mass is 9.82. The Balaban J connectivity index is 0.00000126. The standard InChI is InChI=1S/C25H27F2NO3.CH3Br/c1-28-21-12-13-24(28,16-2-3-16)15-22(14-21)31-23(29)25(30,17-4-8-19(26)9-5-17)18-6-10-20(27)11-7-18;1-2/h4-11,16,21-22,30H,2-3,12-15H2,1H3;1H3. The summed E-state index contributed by atoms with van der Waals surface area (Å²) < 4.78 is 33.0. The first-order chi connectivity index (χ1) is 15.8. The molecule has 3 unspecified atom stereocenters. The van der Waals surface area contributed by atoms with Crippen molar-refractivity contribution in [1.29, 1.82) is 0 Å². The monoisotopic (exact) mass is 521 g/mol. The molecule has 2 aromatic carbocycles. The number of fused-ring (bicyclic) bond motifs is 2. The average molecular weight is 522 g/mol. The van der Waals surface area contributed by atoms with Crippen LogP contribution in [0, 0.1) is 17.6 Å². The molecule has 2 aromatic rings. The number of hydrogen-bond acceptors (Lipinski definition) is 4. The van der Waals surface area contributed by atoms with Gasteiger partial charge in [-0.3, -0.25) is 4.90 Å². The smallest absolute Gasteiger partial charge is 0.347 e. The van der Waals surface area contributed by atoms with Crippen molar-refractivity contribution >= 4 is 21.9 Å². The highest BCUT2D eigenvalue weighted by Crippen LogP contribution is 2.55. The second kappa shape index (κ2) is 9.43. The Bertz CT molecular complexity index is 935. The number of nitrogens with zero attached hydrogens (tertiary/aromatic N) is 1. The van der Waals surface area contributed by atoms with Gasteiger partial charge in [0, 0.05) is 24.4 Å². The molecule has 0 amide bonds. The first-order valence-corrected chi connectivity index (χ1v) is 13.0. The molecule has 4 nitrogen and oxygen atoms in total. The summed E-state index contributed by atoms with van der Waals surface area (Å²) in [6.07, 6.45) is 5.86. The van der Waals surface area contributed by atoms with E-state index in [0.717, 1.165) is 25.7 Å². The molecule has 2 bridgehead atoms. The van der Waals surface area contributed by atoms with Gasteiger partial charge in [0.25, 0.3) is 0 Å². The Kier molecular flexibility index (Phi) is 6.95. The fraction of sp³-hybridized carbons (Fsp3) is 0.500. The number of aliphatic hydroxyl groups is 1. The van der Waals surface area contributed by atoms with Crippen LogP contribution in [0.25, 0.3) is 0 Å². The Hall–Kier alpha value is -1.83. The number of alkyl halides is 1. The van der Waals surface area contributed by atoms with E-state index in [2.05, 4.69) is 27.9 Å². The third kappa shape index (κ3) is 4.35. The van der Waals surface area contributed by atoms with E-state index in [1.54, 1.807) is 0 Å². The molecule has 0 aromatic heterocycles. The molecule has 178 valence electrons. The third-order valence-corrected chi connectivity index (χ3v) is 7.71. The number of carbonyl (C=O) groups excluding carboxylic acids is 1. The van der Waals surface area contributed by atoms with E-state index in [0.29, 0.717) is 12.0 Å². The minimum atomic E-state index is -2.14. The number of esters is 1. The summed E-state index contributed by atoms with van der Waals surface area (Å²) in [7, 11) is 2.18. The Morgan fingerprint density at radius 1 is 1.03 bits per heavy atom. The summed E-state index contributed by atoms with van der Waals surface area (Å²) in [6, 6.07) is 10.6. The molecule has 5 rings (SSSR count). The quantitative estimate of drug-likeness (QED) is 0.436. The van der Waals surface area contributed by atoms with Gasteiger partial charge in [-0.05, 0) is 79.9 Å². The highest BCUT2D eigenvalue weighted by atomic mass is 79.9. The normalized spacial score (nSPS) is 27.0. The fourth-order valence-electron chi connectivity index (χ4n) is 5.84. The van der Waals surface area contributed by atoms with Gasteiger partial charge in [0.15, 0.2) is 0 Å². The van der Waals surface area contributed by atoms with Crippen LogP contribution < -0.4 is 0 Å². The Labute approximate surface area is 202 Å². The molecule has 3 fully saturated rings. The maximum Gasteiger partial charge on any atom is 0.347 e. The topological polar surface area (TPSA) is 49.8 Å². The molecular weight excluding hydrogens is 492 g/mol. The van der Waals surface area contributed by atoms with E-state index < -0.39 is 23.2 Å². The van der Waals surface area contributed by atoms with Crippen molar-refractivity contribution in [3.05, 3.63) is 71.3 Å².